The van der Waals surface area contributed by atoms with E-state index in [-0.39, 0.29) is 41.0 Å². The molecule has 8 nitrogen and oxygen atoms in total. The summed E-state index contributed by atoms with van der Waals surface area (Å²) < 4.78 is 35.4. The molecule has 0 bridgehead atoms. The number of carbonyl (C=O) groups is 1. The van der Waals surface area contributed by atoms with Gasteiger partial charge in [0.15, 0.2) is 16.4 Å². The lowest BCUT2D eigenvalue weighted by Crippen LogP contribution is -2.38. The first-order chi connectivity index (χ1) is 15.1. The zero-order chi connectivity index (χ0) is 23.1. The average molecular weight is 456 g/mol. The highest BCUT2D eigenvalue weighted by molar-refractivity contribution is 7.91. The van der Waals surface area contributed by atoms with Gasteiger partial charge in [-0.2, -0.15) is 4.98 Å². The molecular formula is C23H25N3O5S. The Labute approximate surface area is 187 Å². The Balaban J connectivity index is 1.61. The molecule has 0 saturated heterocycles. The maximum absolute atomic E-state index is 12.6. The fraction of sp³-hybridized carbons (Fsp3) is 0.348. The summed E-state index contributed by atoms with van der Waals surface area (Å²) in [4.78, 5) is 18.5. The van der Waals surface area contributed by atoms with E-state index in [1.54, 1.807) is 13.0 Å². The molecule has 0 unspecified atom stereocenters. The van der Waals surface area contributed by atoms with Crippen LogP contribution in [0.15, 0.2) is 51.9 Å². The Kier molecular flexibility index (Phi) is 5.54. The minimum Gasteiger partial charge on any atom is -0.482 e. The lowest BCUT2D eigenvalue weighted by Gasteiger charge is -2.28. The summed E-state index contributed by atoms with van der Waals surface area (Å²) in [5.41, 5.74) is 2.40. The molecule has 2 aromatic carbocycles. The molecule has 4 rings (SSSR count). The number of benzene rings is 2. The minimum absolute atomic E-state index is 0.0118. The van der Waals surface area contributed by atoms with Crippen LogP contribution in [0.5, 0.6) is 5.75 Å². The molecule has 0 saturated carbocycles. The van der Waals surface area contributed by atoms with Crippen molar-refractivity contribution in [1.29, 1.82) is 0 Å². The van der Waals surface area contributed by atoms with Crippen LogP contribution in [0.1, 0.15) is 39.1 Å². The van der Waals surface area contributed by atoms with E-state index < -0.39 is 9.84 Å². The third kappa shape index (κ3) is 4.25. The summed E-state index contributed by atoms with van der Waals surface area (Å²) >= 11 is 0. The van der Waals surface area contributed by atoms with Gasteiger partial charge in [-0.3, -0.25) is 9.69 Å². The Bertz CT molecular complexity index is 1260. The van der Waals surface area contributed by atoms with Crippen molar-refractivity contribution >= 4 is 21.4 Å². The molecule has 3 aromatic rings. The van der Waals surface area contributed by atoms with E-state index in [2.05, 4.69) is 30.9 Å². The van der Waals surface area contributed by atoms with Crippen LogP contribution in [0.25, 0.3) is 11.4 Å². The van der Waals surface area contributed by atoms with Gasteiger partial charge >= 0.3 is 0 Å². The minimum atomic E-state index is -3.44. The van der Waals surface area contributed by atoms with Gasteiger partial charge in [-0.15, -0.1) is 0 Å². The van der Waals surface area contributed by atoms with E-state index in [0.29, 0.717) is 17.3 Å². The van der Waals surface area contributed by atoms with Gasteiger partial charge < -0.3 is 9.26 Å². The molecule has 1 aliphatic heterocycles. The van der Waals surface area contributed by atoms with E-state index >= 15 is 0 Å². The lowest BCUT2D eigenvalue weighted by molar-refractivity contribution is -0.121. The van der Waals surface area contributed by atoms with E-state index in [9.17, 15) is 13.2 Å². The van der Waals surface area contributed by atoms with E-state index in [1.807, 2.05) is 24.3 Å². The Hall–Kier alpha value is -3.20. The van der Waals surface area contributed by atoms with Crippen LogP contribution in [-0.2, 0) is 26.6 Å². The lowest BCUT2D eigenvalue weighted by atomic mass is 9.87. The van der Waals surface area contributed by atoms with Crippen molar-refractivity contribution in [3.63, 3.8) is 0 Å². The number of sulfone groups is 1. The van der Waals surface area contributed by atoms with Crippen LogP contribution < -0.4 is 9.64 Å². The molecule has 0 spiro atoms. The summed E-state index contributed by atoms with van der Waals surface area (Å²) in [5, 5.41) is 4.04. The highest BCUT2D eigenvalue weighted by Crippen LogP contribution is 2.35. The Morgan fingerprint density at radius 2 is 1.81 bits per heavy atom. The Morgan fingerprint density at radius 3 is 2.47 bits per heavy atom. The van der Waals surface area contributed by atoms with Crippen molar-refractivity contribution < 1.29 is 22.5 Å². The summed E-state index contributed by atoms with van der Waals surface area (Å²) in [6.45, 7) is 7.86. The third-order valence-corrected chi connectivity index (χ3v) is 7.12. The number of rotatable bonds is 5. The smallest absolute Gasteiger partial charge is 0.265 e. The van der Waals surface area contributed by atoms with Crippen molar-refractivity contribution in [2.75, 3.05) is 17.3 Å². The maximum atomic E-state index is 12.6. The number of aromatic nitrogens is 2. The standard InChI is InChI=1S/C23H25N3O5S/c1-5-32(28,29)17-10-11-19-18(12-17)26(21(27)14-30-19)13-20-24-22(25-31-20)15-6-8-16(9-7-15)23(2,3)4/h6-12H,5,13-14H2,1-4H3. The van der Waals surface area contributed by atoms with Crippen LogP contribution in [0.4, 0.5) is 5.69 Å². The number of fused-ring (bicyclic) bond motifs is 1. The van der Waals surface area contributed by atoms with Crippen LogP contribution >= 0.6 is 0 Å². The van der Waals surface area contributed by atoms with Gasteiger partial charge in [-0.05, 0) is 29.2 Å². The molecule has 0 N–H and O–H groups in total. The average Bonchev–Trinajstić information content (AvgIpc) is 3.23. The number of carbonyl (C=O) groups excluding carboxylic acids is 1. The fourth-order valence-corrected chi connectivity index (χ4v) is 4.31. The SMILES string of the molecule is CCS(=O)(=O)c1ccc2c(c1)N(Cc1nc(-c3ccc(C(C)(C)C)cc3)no1)C(=O)CO2. The molecule has 9 heteroatoms. The normalized spacial score (nSPS) is 14.2. The van der Waals surface area contributed by atoms with Crippen molar-refractivity contribution in [3.8, 4) is 17.1 Å². The molecule has 0 fully saturated rings. The molecule has 1 aliphatic rings. The van der Waals surface area contributed by atoms with Crippen LogP contribution in [-0.4, -0.2) is 36.8 Å². The zero-order valence-corrected chi connectivity index (χ0v) is 19.3. The fourth-order valence-electron chi connectivity index (χ4n) is 3.41. The van der Waals surface area contributed by atoms with Crippen molar-refractivity contribution in [2.24, 2.45) is 0 Å². The number of amides is 1. The summed E-state index contributed by atoms with van der Waals surface area (Å²) in [6.07, 6.45) is 0. The molecule has 0 atom stereocenters. The summed E-state index contributed by atoms with van der Waals surface area (Å²) in [5.74, 6) is 0.727. The second-order valence-electron chi connectivity index (χ2n) is 8.64. The molecule has 0 radical (unpaired) electrons. The Morgan fingerprint density at radius 1 is 1.09 bits per heavy atom. The molecule has 1 amide bonds. The number of ether oxygens (including phenoxy) is 1. The molecule has 1 aromatic heterocycles. The van der Waals surface area contributed by atoms with Gasteiger partial charge in [0.1, 0.15) is 12.3 Å². The summed E-state index contributed by atoms with van der Waals surface area (Å²) in [7, 11) is -3.44. The van der Waals surface area contributed by atoms with Gasteiger partial charge in [-0.1, -0.05) is 57.1 Å². The third-order valence-electron chi connectivity index (χ3n) is 5.38. The summed E-state index contributed by atoms with van der Waals surface area (Å²) in [6, 6.07) is 12.4. The second-order valence-corrected chi connectivity index (χ2v) is 10.9. The van der Waals surface area contributed by atoms with Gasteiger partial charge in [-0.25, -0.2) is 8.42 Å². The second kappa shape index (κ2) is 8.05. The topological polar surface area (TPSA) is 103 Å². The quantitative estimate of drug-likeness (QED) is 0.577. The monoisotopic (exact) mass is 455 g/mol. The van der Waals surface area contributed by atoms with E-state index in [0.717, 1.165) is 5.56 Å². The number of nitrogens with zero attached hydrogens (tertiary/aromatic N) is 3. The highest BCUT2D eigenvalue weighted by Gasteiger charge is 2.29. The van der Waals surface area contributed by atoms with Gasteiger partial charge in [0.05, 0.1) is 16.3 Å². The van der Waals surface area contributed by atoms with Gasteiger partial charge in [0.25, 0.3) is 5.91 Å². The molecule has 2 heterocycles. The largest absolute Gasteiger partial charge is 0.482 e. The first-order valence-corrected chi connectivity index (χ1v) is 12.0. The van der Waals surface area contributed by atoms with Crippen LogP contribution in [0.2, 0.25) is 0 Å². The number of hydrogen-bond acceptors (Lipinski definition) is 7. The van der Waals surface area contributed by atoms with Crippen molar-refractivity contribution in [1.82, 2.24) is 10.1 Å². The van der Waals surface area contributed by atoms with E-state index in [1.165, 1.54) is 22.6 Å². The van der Waals surface area contributed by atoms with Gasteiger partial charge in [0.2, 0.25) is 11.7 Å². The highest BCUT2D eigenvalue weighted by atomic mass is 32.2. The zero-order valence-electron chi connectivity index (χ0n) is 18.5. The van der Waals surface area contributed by atoms with E-state index in [4.69, 9.17) is 9.26 Å². The first-order valence-electron chi connectivity index (χ1n) is 10.3. The maximum Gasteiger partial charge on any atom is 0.265 e. The van der Waals surface area contributed by atoms with Crippen molar-refractivity contribution in [2.45, 2.75) is 44.6 Å². The first kappa shape index (κ1) is 22.0. The predicted molar refractivity (Wildman–Crippen MR) is 119 cm³/mol. The molecule has 32 heavy (non-hydrogen) atoms. The van der Waals surface area contributed by atoms with Crippen molar-refractivity contribution in [3.05, 3.63) is 53.9 Å². The van der Waals surface area contributed by atoms with Crippen LogP contribution in [0.3, 0.4) is 0 Å². The van der Waals surface area contributed by atoms with Crippen LogP contribution in [0, 0.1) is 0 Å². The molecule has 168 valence electrons. The predicted octanol–water partition coefficient (Wildman–Crippen LogP) is 3.75. The number of hydrogen-bond donors (Lipinski definition) is 0. The van der Waals surface area contributed by atoms with Gasteiger partial charge in [0, 0.05) is 5.56 Å². The molecular weight excluding hydrogens is 430 g/mol. The number of anilines is 1. The molecule has 0 aliphatic carbocycles.